The van der Waals surface area contributed by atoms with Crippen LogP contribution in [0.15, 0.2) is 16.6 Å². The van der Waals surface area contributed by atoms with Crippen LogP contribution in [0.2, 0.25) is 0 Å². The Morgan fingerprint density at radius 3 is 0.939 bits per heavy atom. The molecular weight excluding hydrogens is 534 g/mol. The fourth-order valence-corrected chi connectivity index (χ4v) is 4.75. The minimum atomic E-state index is -9.16. The summed E-state index contributed by atoms with van der Waals surface area (Å²) in [5.74, 6) is -16.2. The van der Waals surface area contributed by atoms with E-state index in [1.165, 1.54) is 0 Å². The Morgan fingerprint density at radius 1 is 0.545 bits per heavy atom. The van der Waals surface area contributed by atoms with E-state index in [1.807, 2.05) is 0 Å². The standard InChI is InChI=1S/C11H3F12NO8S/c12-8(13,14)4(25)29-33(2-1-24-3-33,30-5(26)9(15,16)17,31-6(27)10(18,19)20)32-7(28)11(21,22)23/h1-3H. The van der Waals surface area contributed by atoms with Gasteiger partial charge in [-0.3, -0.25) is 0 Å². The van der Waals surface area contributed by atoms with Crippen molar-refractivity contribution < 1.29 is 88.6 Å². The molecule has 0 amide bonds. The van der Waals surface area contributed by atoms with Gasteiger partial charge in [0, 0.05) is 6.20 Å². The summed E-state index contributed by atoms with van der Waals surface area (Å²) >= 11 is 0. The van der Waals surface area contributed by atoms with Gasteiger partial charge in [-0.25, -0.2) is 24.2 Å². The summed E-state index contributed by atoms with van der Waals surface area (Å²) < 4.78 is 165. The number of rotatable bonds is 4. The van der Waals surface area contributed by atoms with E-state index < -0.39 is 69.0 Å². The number of alkyl halides is 12. The van der Waals surface area contributed by atoms with E-state index in [-0.39, 0.29) is 6.20 Å². The van der Waals surface area contributed by atoms with Crippen LogP contribution in [-0.2, 0) is 35.9 Å². The summed E-state index contributed by atoms with van der Waals surface area (Å²) in [6.07, 6.45) is -26.4. The molecule has 33 heavy (non-hydrogen) atoms. The Kier molecular flexibility index (Phi) is 6.03. The average molecular weight is 537 g/mol. The van der Waals surface area contributed by atoms with Crippen LogP contribution in [0.3, 0.4) is 0 Å². The Morgan fingerprint density at radius 2 is 0.788 bits per heavy atom. The molecule has 0 aromatic heterocycles. The molecule has 0 fully saturated rings. The van der Waals surface area contributed by atoms with Crippen molar-refractivity contribution >= 4 is 38.8 Å². The van der Waals surface area contributed by atoms with Gasteiger partial charge in [-0.1, -0.05) is 0 Å². The molecule has 0 aromatic carbocycles. The summed E-state index contributed by atoms with van der Waals surface area (Å²) in [4.78, 5) is 47.7. The fourth-order valence-electron chi connectivity index (χ4n) is 1.58. The second-order valence-electron chi connectivity index (χ2n) is 5.33. The molecule has 0 aromatic rings. The number of aliphatic imine (C=N–C) groups is 1. The van der Waals surface area contributed by atoms with Crippen LogP contribution in [-0.4, -0.2) is 54.1 Å². The minimum absolute atomic E-state index is 0.359. The van der Waals surface area contributed by atoms with Crippen molar-refractivity contribution in [3.63, 3.8) is 0 Å². The van der Waals surface area contributed by atoms with Crippen molar-refractivity contribution in [2.75, 3.05) is 0 Å². The quantitative estimate of drug-likeness (QED) is 0.501. The third-order valence-electron chi connectivity index (χ3n) is 2.76. The highest BCUT2D eigenvalue weighted by Gasteiger charge is 2.78. The van der Waals surface area contributed by atoms with Gasteiger partial charge in [-0.05, 0) is 0 Å². The van der Waals surface area contributed by atoms with Gasteiger partial charge in [0.2, 0.25) is 9.42 Å². The Balaban J connectivity index is 4.14. The van der Waals surface area contributed by atoms with E-state index in [9.17, 15) is 71.9 Å². The lowest BCUT2D eigenvalue weighted by molar-refractivity contribution is -0.209. The predicted molar refractivity (Wildman–Crippen MR) is 73.8 cm³/mol. The fraction of sp³-hybridized carbons (Fsp3) is 0.364. The molecule has 1 rings (SSSR count). The molecule has 9 nitrogen and oxygen atoms in total. The molecule has 22 heteroatoms. The average Bonchev–Trinajstić information content (AvgIpc) is 2.92. The minimum Gasteiger partial charge on any atom is -0.333 e. The van der Waals surface area contributed by atoms with Crippen LogP contribution in [0.1, 0.15) is 0 Å². The molecule has 1 aliphatic heterocycles. The van der Waals surface area contributed by atoms with Crippen LogP contribution < -0.4 is 0 Å². The van der Waals surface area contributed by atoms with Crippen molar-refractivity contribution in [1.29, 1.82) is 0 Å². The van der Waals surface area contributed by atoms with Crippen molar-refractivity contribution in [2.24, 2.45) is 4.99 Å². The Hall–Kier alpha value is -3.20. The van der Waals surface area contributed by atoms with Crippen LogP contribution in [0.4, 0.5) is 52.7 Å². The topological polar surface area (TPSA) is 118 Å². The summed E-state index contributed by atoms with van der Waals surface area (Å²) in [7, 11) is -9.16. The predicted octanol–water partition coefficient (Wildman–Crippen LogP) is 3.46. The smallest absolute Gasteiger partial charge is 0.333 e. The first-order valence-electron chi connectivity index (χ1n) is 6.89. The van der Waals surface area contributed by atoms with Gasteiger partial charge >= 0.3 is 48.6 Å². The van der Waals surface area contributed by atoms with Gasteiger partial charge < -0.3 is 16.7 Å². The second kappa shape index (κ2) is 7.15. The van der Waals surface area contributed by atoms with E-state index in [4.69, 9.17) is 0 Å². The van der Waals surface area contributed by atoms with Crippen molar-refractivity contribution in [1.82, 2.24) is 0 Å². The number of nitrogens with zero attached hydrogens (tertiary/aromatic N) is 1. The maximum atomic E-state index is 12.7. The van der Waals surface area contributed by atoms with Gasteiger partial charge in [0.25, 0.3) is 0 Å². The first-order chi connectivity index (χ1) is 14.3. The highest BCUT2D eigenvalue weighted by molar-refractivity contribution is 8.63. The van der Waals surface area contributed by atoms with E-state index in [2.05, 4.69) is 21.7 Å². The Labute approximate surface area is 170 Å². The van der Waals surface area contributed by atoms with Gasteiger partial charge in [0.15, 0.2) is 5.55 Å². The van der Waals surface area contributed by atoms with Gasteiger partial charge in [-0.2, -0.15) is 52.7 Å². The Bertz CT molecular complexity index is 811. The normalized spacial score (nSPS) is 21.0. The molecule has 0 unspecified atom stereocenters. The molecule has 0 spiro atoms. The first-order valence-corrected chi connectivity index (χ1v) is 9.16. The lowest BCUT2D eigenvalue weighted by atomic mass is 10.7. The largest absolute Gasteiger partial charge is 0.492 e. The third kappa shape index (κ3) is 5.42. The number of halogens is 12. The third-order valence-corrected chi connectivity index (χ3v) is 6.27. The molecule has 0 radical (unpaired) electrons. The zero-order valence-electron chi connectivity index (χ0n) is 14.4. The van der Waals surface area contributed by atoms with Gasteiger partial charge in [0.1, 0.15) is 0 Å². The monoisotopic (exact) mass is 537 g/mol. The maximum Gasteiger partial charge on any atom is 0.492 e. The van der Waals surface area contributed by atoms with Gasteiger partial charge in [0.05, 0.1) is 5.41 Å². The summed E-state index contributed by atoms with van der Waals surface area (Å²) in [6.45, 7) is 0. The van der Waals surface area contributed by atoms with Crippen molar-refractivity contribution in [3.8, 4) is 0 Å². The SMILES string of the molecule is O=C(OS1(OC(=O)C(F)(F)F)(OC(=O)C(F)(F)F)(OC(=O)C(F)(F)F)C=CN=C1)C(F)(F)F. The second-order valence-corrected chi connectivity index (χ2v) is 9.11. The zero-order valence-corrected chi connectivity index (χ0v) is 15.2. The lowest BCUT2D eigenvalue weighted by Crippen LogP contribution is -2.54. The summed E-state index contributed by atoms with van der Waals surface area (Å²) in [6, 6.07) is 0. The molecule has 1 aliphatic rings. The molecule has 0 aliphatic carbocycles. The zero-order chi connectivity index (χ0) is 26.4. The van der Waals surface area contributed by atoms with Crippen LogP contribution in [0.25, 0.3) is 0 Å². The van der Waals surface area contributed by atoms with E-state index in [0.29, 0.717) is 0 Å². The number of hydrogen-bond acceptors (Lipinski definition) is 9. The van der Waals surface area contributed by atoms with E-state index in [0.717, 1.165) is 0 Å². The lowest BCUT2D eigenvalue weighted by Gasteiger charge is -2.65. The van der Waals surface area contributed by atoms with Crippen LogP contribution in [0, 0.1) is 0 Å². The summed E-state index contributed by atoms with van der Waals surface area (Å²) in [5, 5.41) is -1.03. The van der Waals surface area contributed by atoms with Crippen molar-refractivity contribution in [3.05, 3.63) is 11.6 Å². The molecule has 1 heterocycles. The van der Waals surface area contributed by atoms with Gasteiger partial charge in [-0.15, -0.1) is 0 Å². The van der Waals surface area contributed by atoms with Crippen LogP contribution >= 0.6 is 9.42 Å². The number of hydrogen-bond donors (Lipinski definition) is 0. The molecule has 0 saturated heterocycles. The first kappa shape index (κ1) is 27.8. The number of carbonyl (C=O) groups excluding carboxylic acids is 4. The highest BCUT2D eigenvalue weighted by atomic mass is 32.4. The molecule has 0 atom stereocenters. The molecule has 190 valence electrons. The molecule has 0 bridgehead atoms. The highest BCUT2D eigenvalue weighted by Crippen LogP contribution is 2.94. The van der Waals surface area contributed by atoms with Crippen molar-refractivity contribution in [2.45, 2.75) is 24.7 Å². The molecular formula is C11H3F12NO8S. The molecule has 0 saturated carbocycles. The molecule has 0 N–H and O–H groups in total. The van der Waals surface area contributed by atoms with E-state index >= 15 is 0 Å². The number of carbonyl (C=O) groups is 4. The summed E-state index contributed by atoms with van der Waals surface area (Å²) in [5.41, 5.74) is -1.17. The van der Waals surface area contributed by atoms with Crippen LogP contribution in [0.5, 0.6) is 0 Å². The maximum absolute atomic E-state index is 12.7. The van der Waals surface area contributed by atoms with E-state index in [1.54, 1.807) is 0 Å².